The molecule has 1 aromatic carbocycles. The van der Waals surface area contributed by atoms with Crippen molar-refractivity contribution >= 4 is 29.1 Å². The number of carbonyl (C=O) groups is 1. The Bertz CT molecular complexity index is 594. The molecule has 0 radical (unpaired) electrons. The van der Waals surface area contributed by atoms with Crippen LogP contribution in [0.15, 0.2) is 12.1 Å². The van der Waals surface area contributed by atoms with Gasteiger partial charge in [0, 0.05) is 23.1 Å². The summed E-state index contributed by atoms with van der Waals surface area (Å²) < 4.78 is 5.74. The summed E-state index contributed by atoms with van der Waals surface area (Å²) in [5.41, 5.74) is 7.74. The predicted octanol–water partition coefficient (Wildman–Crippen LogP) is 2.95. The number of hydrogen-bond acceptors (Lipinski definition) is 3. The van der Waals surface area contributed by atoms with Crippen molar-refractivity contribution in [1.29, 1.82) is 0 Å². The Labute approximate surface area is 140 Å². The van der Waals surface area contributed by atoms with E-state index >= 15 is 0 Å². The van der Waals surface area contributed by atoms with Gasteiger partial charge in [0.2, 0.25) is 0 Å². The van der Waals surface area contributed by atoms with Crippen LogP contribution in [0.1, 0.15) is 36.9 Å². The zero-order valence-corrected chi connectivity index (χ0v) is 14.0. The van der Waals surface area contributed by atoms with Crippen molar-refractivity contribution in [1.82, 2.24) is 4.90 Å². The van der Waals surface area contributed by atoms with Gasteiger partial charge in [0.25, 0.3) is 5.91 Å². The third-order valence-electron chi connectivity index (χ3n) is 4.62. The number of ether oxygens (including phenoxy) is 1. The summed E-state index contributed by atoms with van der Waals surface area (Å²) in [6, 6.07) is 3.61. The van der Waals surface area contributed by atoms with E-state index in [2.05, 4.69) is 0 Å². The number of benzene rings is 1. The lowest BCUT2D eigenvalue weighted by molar-refractivity contribution is -0.145. The van der Waals surface area contributed by atoms with Crippen molar-refractivity contribution < 1.29 is 9.53 Å². The zero-order valence-electron chi connectivity index (χ0n) is 12.5. The SMILES string of the molecule is CC1c2c(Cl)cc(Cl)cc2CCN1C(=O)[C@@H]1CC[C@H](CN)O1. The number of carbonyl (C=O) groups excluding carboxylic acids is 1. The molecule has 1 unspecified atom stereocenters. The average molecular weight is 343 g/mol. The molecule has 2 aliphatic heterocycles. The summed E-state index contributed by atoms with van der Waals surface area (Å²) in [7, 11) is 0. The normalized spacial score (nSPS) is 27.8. The number of rotatable bonds is 2. The first-order chi connectivity index (χ1) is 10.5. The Morgan fingerprint density at radius 3 is 2.86 bits per heavy atom. The van der Waals surface area contributed by atoms with Crippen LogP contribution in [0, 0.1) is 0 Å². The fourth-order valence-corrected chi connectivity index (χ4v) is 4.14. The molecular weight excluding hydrogens is 323 g/mol. The summed E-state index contributed by atoms with van der Waals surface area (Å²) in [6.45, 7) is 3.13. The Hall–Kier alpha value is -0.810. The number of amides is 1. The van der Waals surface area contributed by atoms with Crippen molar-refractivity contribution in [3.8, 4) is 0 Å². The molecule has 1 saturated heterocycles. The van der Waals surface area contributed by atoms with E-state index in [0.29, 0.717) is 23.1 Å². The Kier molecular flexibility index (Phi) is 4.64. The fraction of sp³-hybridized carbons (Fsp3) is 0.562. The van der Waals surface area contributed by atoms with Crippen molar-refractivity contribution in [2.75, 3.05) is 13.1 Å². The third kappa shape index (κ3) is 2.85. The van der Waals surface area contributed by atoms with E-state index in [-0.39, 0.29) is 24.2 Å². The second-order valence-corrected chi connectivity index (χ2v) is 6.82. The Balaban J connectivity index is 1.81. The largest absolute Gasteiger partial charge is 0.364 e. The van der Waals surface area contributed by atoms with Gasteiger partial charge in [0.1, 0.15) is 6.10 Å². The molecule has 4 nitrogen and oxygen atoms in total. The molecule has 2 heterocycles. The highest BCUT2D eigenvalue weighted by Gasteiger charge is 2.37. The highest BCUT2D eigenvalue weighted by Crippen LogP contribution is 2.37. The van der Waals surface area contributed by atoms with Crippen LogP contribution in [0.4, 0.5) is 0 Å². The Morgan fingerprint density at radius 2 is 2.18 bits per heavy atom. The van der Waals surface area contributed by atoms with Gasteiger partial charge in [-0.15, -0.1) is 0 Å². The monoisotopic (exact) mass is 342 g/mol. The van der Waals surface area contributed by atoms with E-state index in [1.165, 1.54) is 0 Å². The van der Waals surface area contributed by atoms with Gasteiger partial charge in [-0.05, 0) is 49.4 Å². The van der Waals surface area contributed by atoms with Gasteiger partial charge < -0.3 is 15.4 Å². The summed E-state index contributed by atoms with van der Waals surface area (Å²) in [5.74, 6) is 0.0418. The lowest BCUT2D eigenvalue weighted by Gasteiger charge is -2.37. The van der Waals surface area contributed by atoms with Crippen LogP contribution in [0.3, 0.4) is 0 Å². The molecule has 0 bridgehead atoms. The summed E-state index contributed by atoms with van der Waals surface area (Å²) in [5, 5.41) is 1.26. The van der Waals surface area contributed by atoms with Crippen LogP contribution in [-0.2, 0) is 16.0 Å². The van der Waals surface area contributed by atoms with Gasteiger partial charge in [0.15, 0.2) is 0 Å². The molecule has 0 aliphatic carbocycles. The topological polar surface area (TPSA) is 55.6 Å². The minimum Gasteiger partial charge on any atom is -0.364 e. The maximum Gasteiger partial charge on any atom is 0.252 e. The first kappa shape index (κ1) is 16.1. The van der Waals surface area contributed by atoms with Crippen LogP contribution in [0.25, 0.3) is 0 Å². The first-order valence-electron chi connectivity index (χ1n) is 7.65. The number of nitrogens with two attached hydrogens (primary N) is 1. The van der Waals surface area contributed by atoms with E-state index in [1.54, 1.807) is 6.07 Å². The van der Waals surface area contributed by atoms with Crippen LogP contribution in [-0.4, -0.2) is 36.1 Å². The van der Waals surface area contributed by atoms with E-state index in [4.69, 9.17) is 33.7 Å². The van der Waals surface area contributed by atoms with Gasteiger partial charge in [-0.3, -0.25) is 4.79 Å². The molecule has 6 heteroatoms. The molecule has 0 aromatic heterocycles. The fourth-order valence-electron chi connectivity index (χ4n) is 3.45. The van der Waals surface area contributed by atoms with Crippen LogP contribution in [0.2, 0.25) is 10.0 Å². The van der Waals surface area contributed by atoms with Crippen LogP contribution < -0.4 is 5.73 Å². The molecular formula is C16H20Cl2N2O2. The summed E-state index contributed by atoms with van der Waals surface area (Å²) >= 11 is 12.4. The lowest BCUT2D eigenvalue weighted by Crippen LogP contribution is -2.44. The number of hydrogen-bond donors (Lipinski definition) is 1. The van der Waals surface area contributed by atoms with Gasteiger partial charge >= 0.3 is 0 Å². The molecule has 3 rings (SSSR count). The quantitative estimate of drug-likeness (QED) is 0.898. The molecule has 0 spiro atoms. The molecule has 22 heavy (non-hydrogen) atoms. The predicted molar refractivity (Wildman–Crippen MR) is 87.2 cm³/mol. The number of halogens is 2. The second-order valence-electron chi connectivity index (χ2n) is 5.98. The summed E-state index contributed by atoms with van der Waals surface area (Å²) in [4.78, 5) is 14.6. The molecule has 120 valence electrons. The third-order valence-corrected chi connectivity index (χ3v) is 5.15. The molecule has 2 aliphatic rings. The van der Waals surface area contributed by atoms with Gasteiger partial charge in [0.05, 0.1) is 12.1 Å². The van der Waals surface area contributed by atoms with E-state index in [9.17, 15) is 4.79 Å². The van der Waals surface area contributed by atoms with E-state index in [1.807, 2.05) is 17.9 Å². The molecule has 2 N–H and O–H groups in total. The van der Waals surface area contributed by atoms with Gasteiger partial charge in [-0.25, -0.2) is 0 Å². The standard InChI is InChI=1S/C16H20Cl2N2O2/c1-9-15-10(6-11(17)7-13(15)18)4-5-20(9)16(21)14-3-2-12(8-19)22-14/h6-7,9,12,14H,2-5,8,19H2,1H3/t9?,12-,14+/m1/s1. The second kappa shape index (κ2) is 6.36. The van der Waals surface area contributed by atoms with Gasteiger partial charge in [-0.1, -0.05) is 23.2 Å². The van der Waals surface area contributed by atoms with Crippen molar-refractivity contribution in [3.05, 3.63) is 33.3 Å². The molecule has 1 amide bonds. The highest BCUT2D eigenvalue weighted by molar-refractivity contribution is 6.35. The van der Waals surface area contributed by atoms with Crippen molar-refractivity contribution in [2.24, 2.45) is 5.73 Å². The smallest absolute Gasteiger partial charge is 0.252 e. The van der Waals surface area contributed by atoms with E-state index in [0.717, 1.165) is 30.4 Å². The lowest BCUT2D eigenvalue weighted by atomic mass is 9.93. The minimum atomic E-state index is -0.372. The maximum atomic E-state index is 12.8. The van der Waals surface area contributed by atoms with Crippen molar-refractivity contribution in [3.63, 3.8) is 0 Å². The van der Waals surface area contributed by atoms with Gasteiger partial charge in [-0.2, -0.15) is 0 Å². The summed E-state index contributed by atoms with van der Waals surface area (Å²) in [6.07, 6.45) is 1.98. The van der Waals surface area contributed by atoms with Crippen molar-refractivity contribution in [2.45, 2.75) is 44.4 Å². The van der Waals surface area contributed by atoms with E-state index < -0.39 is 0 Å². The van der Waals surface area contributed by atoms with Crippen LogP contribution >= 0.6 is 23.2 Å². The van der Waals surface area contributed by atoms with Crippen LogP contribution in [0.5, 0.6) is 0 Å². The Morgan fingerprint density at radius 1 is 1.41 bits per heavy atom. The zero-order chi connectivity index (χ0) is 15.9. The minimum absolute atomic E-state index is 0.00345. The maximum absolute atomic E-state index is 12.8. The average Bonchev–Trinajstić information content (AvgIpc) is 2.95. The number of fused-ring (bicyclic) bond motifs is 1. The molecule has 1 aromatic rings. The molecule has 1 fully saturated rings. The molecule has 3 atom stereocenters. The number of nitrogens with zero attached hydrogens (tertiary/aromatic N) is 1. The highest BCUT2D eigenvalue weighted by atomic mass is 35.5. The first-order valence-corrected chi connectivity index (χ1v) is 8.40. The molecule has 0 saturated carbocycles.